The van der Waals surface area contributed by atoms with E-state index < -0.39 is 268 Å². The van der Waals surface area contributed by atoms with E-state index in [1.165, 1.54) is 27.7 Å². The van der Waals surface area contributed by atoms with E-state index in [1.807, 2.05) is 0 Å². The molecule has 42 nitrogen and oxygen atoms in total. The molecule has 32 atom stereocenters. The molecule has 6 aliphatic heterocycles. The molecule has 32 unspecified atom stereocenters. The Labute approximate surface area is 557 Å². The Bertz CT molecular complexity index is 2210. The summed E-state index contributed by atoms with van der Waals surface area (Å²) in [7, 11) is 0. The summed E-state index contributed by atoms with van der Waals surface area (Å²) in [5.41, 5.74) is 0. The maximum atomic E-state index is 10.9. The molecule has 0 radical (unpaired) electrons. The van der Waals surface area contributed by atoms with Crippen LogP contribution in [0, 0.1) is 35.5 Å². The predicted octanol–water partition coefficient (Wildman–Crippen LogP) is -11.8. The molecule has 0 aromatic carbocycles. The summed E-state index contributed by atoms with van der Waals surface area (Å²) in [5.74, 6) is -27.8. The minimum atomic E-state index is -2.62. The second-order valence-corrected chi connectivity index (χ2v) is 25.3. The Morgan fingerprint density at radius 1 is 0.286 bits per heavy atom. The molecule has 30 N–H and O–H groups in total. The van der Waals surface area contributed by atoms with Crippen LogP contribution in [-0.2, 0) is 57.2 Å². The molecule has 0 bridgehead atoms. The molecule has 98 heavy (non-hydrogen) atoms. The van der Waals surface area contributed by atoms with Gasteiger partial charge in [0.25, 0.3) is 34.7 Å². The number of carbonyl (C=O) groups is 6. The molecule has 42 heteroatoms. The lowest BCUT2D eigenvalue weighted by Crippen LogP contribution is -2.60. The van der Waals surface area contributed by atoms with E-state index in [4.69, 9.17) is 79.5 Å². The molecular formula is C56H100O42. The zero-order valence-corrected chi connectivity index (χ0v) is 54.4. The minimum Gasteiger partial charge on any atom is -0.477 e. The van der Waals surface area contributed by atoms with Crippen molar-refractivity contribution in [3.63, 3.8) is 0 Å². The van der Waals surface area contributed by atoms with Gasteiger partial charge < -0.3 is 182 Å². The Balaban J connectivity index is 0.000000591. The lowest BCUT2D eigenvalue weighted by molar-refractivity contribution is -0.302. The summed E-state index contributed by atoms with van der Waals surface area (Å²) in [6.45, 7) is 9.63. The van der Waals surface area contributed by atoms with Gasteiger partial charge in [-0.3, -0.25) is 0 Å². The zero-order chi connectivity index (χ0) is 76.8. The molecule has 0 aromatic heterocycles. The van der Waals surface area contributed by atoms with Crippen molar-refractivity contribution < 1.29 is 210 Å². The van der Waals surface area contributed by atoms with Gasteiger partial charge in [0.2, 0.25) is 0 Å². The fourth-order valence-corrected chi connectivity index (χ4v) is 10.4. The van der Waals surface area contributed by atoms with Gasteiger partial charge in [0.15, 0.2) is 0 Å². The van der Waals surface area contributed by atoms with Crippen molar-refractivity contribution in [3.8, 4) is 0 Å². The topological polar surface area (TPSA) is 765 Å². The van der Waals surface area contributed by atoms with Crippen LogP contribution < -0.4 is 0 Å². The normalized spacial score (nSPS) is 41.8. The quantitative estimate of drug-likeness (QED) is 0.0606. The van der Waals surface area contributed by atoms with E-state index >= 15 is 0 Å². The highest BCUT2D eigenvalue weighted by molar-refractivity contribution is 5.77. The number of carboxylic acid groups (broad SMARTS) is 6. The van der Waals surface area contributed by atoms with Gasteiger partial charge in [0.05, 0.1) is 99.7 Å². The van der Waals surface area contributed by atoms with Gasteiger partial charge in [0, 0.05) is 74.0 Å². The van der Waals surface area contributed by atoms with Crippen molar-refractivity contribution in [1.82, 2.24) is 0 Å². The second-order valence-electron chi connectivity index (χ2n) is 25.3. The third-order valence-corrected chi connectivity index (χ3v) is 17.9. The first kappa shape index (κ1) is 91.6. The number of rotatable bonds is 18. The molecule has 6 fully saturated rings. The van der Waals surface area contributed by atoms with Gasteiger partial charge in [-0.2, -0.15) is 0 Å². The van der Waals surface area contributed by atoms with Crippen LogP contribution in [0.1, 0.15) is 93.9 Å². The van der Waals surface area contributed by atoms with Gasteiger partial charge in [0.1, 0.15) is 48.8 Å². The van der Waals surface area contributed by atoms with Crippen LogP contribution in [-0.4, -0.2) is 372 Å². The first-order valence-corrected chi connectivity index (χ1v) is 30.4. The van der Waals surface area contributed by atoms with Gasteiger partial charge in [-0.1, -0.05) is 41.5 Å². The van der Waals surface area contributed by atoms with Gasteiger partial charge in [-0.15, -0.1) is 0 Å². The van der Waals surface area contributed by atoms with Crippen LogP contribution in [0.4, 0.5) is 0 Å². The fourth-order valence-electron chi connectivity index (χ4n) is 10.4. The fraction of sp³-hybridized carbons (Fsp3) is 0.893. The molecule has 576 valence electrons. The van der Waals surface area contributed by atoms with Gasteiger partial charge in [-0.25, -0.2) is 28.8 Å². The summed E-state index contributed by atoms with van der Waals surface area (Å²) in [4.78, 5) is 64.6. The van der Waals surface area contributed by atoms with E-state index in [0.29, 0.717) is 0 Å². The van der Waals surface area contributed by atoms with E-state index in [-0.39, 0.29) is 24.7 Å². The molecule has 0 aliphatic carbocycles. The number of hydrogen-bond donors (Lipinski definition) is 30. The largest absolute Gasteiger partial charge is 0.477 e. The molecule has 6 aliphatic rings. The highest BCUT2D eigenvalue weighted by Gasteiger charge is 2.57. The number of ether oxygens (including phenoxy) is 6. The van der Waals surface area contributed by atoms with E-state index in [9.17, 15) is 131 Å². The smallest absolute Gasteiger partial charge is 0.364 e. The molecule has 0 aromatic rings. The van der Waals surface area contributed by atoms with Crippen molar-refractivity contribution >= 4 is 35.8 Å². The van der Waals surface area contributed by atoms with Crippen LogP contribution >= 0.6 is 0 Å². The van der Waals surface area contributed by atoms with Crippen LogP contribution in [0.5, 0.6) is 0 Å². The Kier molecular flexibility index (Phi) is 35.2. The van der Waals surface area contributed by atoms with Crippen LogP contribution in [0.3, 0.4) is 0 Å². The summed E-state index contributed by atoms with van der Waals surface area (Å²) in [6.07, 6.45) is -28.1. The van der Waals surface area contributed by atoms with Crippen LogP contribution in [0.15, 0.2) is 0 Å². The predicted molar refractivity (Wildman–Crippen MR) is 311 cm³/mol. The second kappa shape index (κ2) is 37.7. The number of aliphatic hydroxyl groups excluding tert-OH is 18. The third-order valence-electron chi connectivity index (χ3n) is 17.9. The number of aliphatic carboxylic acids is 6. The maximum Gasteiger partial charge on any atom is 0.364 e. The van der Waals surface area contributed by atoms with Crippen LogP contribution in [0.25, 0.3) is 0 Å². The highest BCUT2D eigenvalue weighted by atomic mass is 16.7. The zero-order valence-electron chi connectivity index (χ0n) is 54.4. The first-order chi connectivity index (χ1) is 44.6. The SMILES string of the molecule is CC1C(O)CC(O)(C(=O)O)OC1C(O)C(O)CO.CC1C(O)CC(O)(C(=O)O)OC1C(O)C(O)CO.CC1C(O)CC(O)(C(=O)O)OC1C(O)C(O)CO.CC1C(O)CC(O)(C(=O)O)OC1C(O)C(O)CO.CC1OC(O)(C(=O)O)CC(O)C1C.CC1OC(O)(C(=O)O)CC(O)C1C. The van der Waals surface area contributed by atoms with Crippen molar-refractivity contribution in [2.24, 2.45) is 35.5 Å². The molecule has 0 spiro atoms. The van der Waals surface area contributed by atoms with Gasteiger partial charge >= 0.3 is 35.8 Å². The van der Waals surface area contributed by atoms with E-state index in [1.54, 1.807) is 27.7 Å². The molecular weight excluding hydrogens is 1340 g/mol. The molecule has 6 rings (SSSR count). The van der Waals surface area contributed by atoms with Gasteiger partial charge in [-0.05, 0) is 13.8 Å². The van der Waals surface area contributed by atoms with Crippen molar-refractivity contribution in [2.45, 2.75) is 251 Å². The average molecular weight is 1450 g/mol. The first-order valence-electron chi connectivity index (χ1n) is 30.4. The van der Waals surface area contributed by atoms with Crippen molar-refractivity contribution in [3.05, 3.63) is 0 Å². The summed E-state index contributed by atoms with van der Waals surface area (Å²) in [6, 6.07) is 0. The summed E-state index contributed by atoms with van der Waals surface area (Å²) < 4.78 is 29.3. The lowest BCUT2D eigenvalue weighted by Gasteiger charge is -2.43. The molecule has 6 saturated heterocycles. The molecule has 0 saturated carbocycles. The molecule has 0 amide bonds. The Hall–Kier alpha value is -4.38. The minimum absolute atomic E-state index is 0.167. The third kappa shape index (κ3) is 23.3. The lowest BCUT2D eigenvalue weighted by atomic mass is 9.85. The highest BCUT2D eigenvalue weighted by Crippen LogP contribution is 2.39. The van der Waals surface area contributed by atoms with Crippen molar-refractivity contribution in [1.29, 1.82) is 0 Å². The summed E-state index contributed by atoms with van der Waals surface area (Å²) in [5, 5.41) is 279. The monoisotopic (exact) mass is 1440 g/mol. The van der Waals surface area contributed by atoms with E-state index in [0.717, 1.165) is 0 Å². The standard InChI is InChI=1S/4C10H18O8.2C8H14O5/c4*1-4-5(12)2-10(17,9(15)16)18-8(4)7(14)6(13)3-11;2*1-4-5(2)13-8(12,7(10)11)3-6(4)9/h4*4-8,11-14,17H,2-3H2,1H3,(H,15,16);2*4-6,9,12H,3H2,1-2H3,(H,10,11). The average Bonchev–Trinajstić information content (AvgIpc) is 0.814. The number of carboxylic acids is 6. The Morgan fingerprint density at radius 2 is 0.418 bits per heavy atom. The van der Waals surface area contributed by atoms with Crippen molar-refractivity contribution in [2.75, 3.05) is 26.4 Å². The van der Waals surface area contributed by atoms with E-state index in [2.05, 4.69) is 0 Å². The molecule has 6 heterocycles. The van der Waals surface area contributed by atoms with Crippen LogP contribution in [0.2, 0.25) is 0 Å². The number of hydrogen-bond acceptors (Lipinski definition) is 36. The Morgan fingerprint density at radius 3 is 0.541 bits per heavy atom. The number of aliphatic hydroxyl groups is 24. The summed E-state index contributed by atoms with van der Waals surface area (Å²) >= 11 is 0. The maximum absolute atomic E-state index is 10.9.